The van der Waals surface area contributed by atoms with E-state index in [9.17, 15) is 9.59 Å². The zero-order valence-corrected chi connectivity index (χ0v) is 18.4. The molecule has 0 fully saturated rings. The van der Waals surface area contributed by atoms with Crippen LogP contribution < -0.4 is 20.3 Å². The Morgan fingerprint density at radius 1 is 0.935 bits per heavy atom. The van der Waals surface area contributed by atoms with E-state index >= 15 is 0 Å². The van der Waals surface area contributed by atoms with Gasteiger partial charge in [0.2, 0.25) is 0 Å². The number of aromatic nitrogens is 1. The maximum atomic E-state index is 12.8. The fourth-order valence-electron chi connectivity index (χ4n) is 3.51. The number of methoxy groups -OCH3 is 1. The molecule has 31 heavy (non-hydrogen) atoms. The lowest BCUT2D eigenvalue weighted by atomic mass is 10.2. The molecule has 0 saturated heterocycles. The Hall–Kier alpha value is -3.74. The molecular weight excluding hydrogens is 394 g/mol. The van der Waals surface area contributed by atoms with Gasteiger partial charge >= 0.3 is 0 Å². The molecule has 0 bridgehead atoms. The Kier molecular flexibility index (Phi) is 6.65. The van der Waals surface area contributed by atoms with Crippen molar-refractivity contribution in [1.82, 2.24) is 15.4 Å². The van der Waals surface area contributed by atoms with Crippen LogP contribution in [-0.4, -0.2) is 30.1 Å². The number of nitrogens with zero attached hydrogens (tertiary/aromatic N) is 1. The fraction of sp³-hybridized carbons (Fsp3) is 0.250. The topological polar surface area (TPSA) is 81.6 Å². The van der Waals surface area contributed by atoms with Gasteiger partial charge in [0.05, 0.1) is 19.3 Å². The Morgan fingerprint density at radius 3 is 2.32 bits per heavy atom. The number of hydrogen-bond donors (Lipinski definition) is 2. The summed E-state index contributed by atoms with van der Waals surface area (Å²) in [5, 5.41) is 0. The molecule has 3 aromatic rings. The standard InChI is InChI=1S/C24H27N3O4/c1-6-31-21-12-11-18(14-22(21)30-5)23(28)25-26-24(29)19-13-16(3)27(17(19)4)20-10-8-7-9-15(20)2/h7-14H,6H2,1-5H3,(H,25,28)(H,26,29). The third-order valence-corrected chi connectivity index (χ3v) is 5.05. The molecular formula is C24H27N3O4. The zero-order chi connectivity index (χ0) is 22.5. The van der Waals surface area contributed by atoms with Gasteiger partial charge in [-0.05, 0) is 63.6 Å². The molecule has 7 nitrogen and oxygen atoms in total. The number of carbonyl (C=O) groups is 2. The van der Waals surface area contributed by atoms with Gasteiger partial charge in [-0.15, -0.1) is 0 Å². The molecule has 0 atom stereocenters. The van der Waals surface area contributed by atoms with E-state index in [1.54, 1.807) is 18.2 Å². The highest BCUT2D eigenvalue weighted by molar-refractivity contribution is 6.00. The first-order chi connectivity index (χ1) is 14.9. The van der Waals surface area contributed by atoms with E-state index < -0.39 is 5.91 Å². The van der Waals surface area contributed by atoms with Crippen LogP contribution in [0.5, 0.6) is 11.5 Å². The van der Waals surface area contributed by atoms with Crippen LogP contribution >= 0.6 is 0 Å². The molecule has 162 valence electrons. The quantitative estimate of drug-likeness (QED) is 0.592. The largest absolute Gasteiger partial charge is 0.493 e. The number of para-hydroxylation sites is 1. The van der Waals surface area contributed by atoms with Gasteiger partial charge in [0.25, 0.3) is 11.8 Å². The molecule has 0 spiro atoms. The van der Waals surface area contributed by atoms with Crippen molar-refractivity contribution in [3.05, 3.63) is 76.6 Å². The lowest BCUT2D eigenvalue weighted by Gasteiger charge is -2.13. The first kappa shape index (κ1) is 22.0. The van der Waals surface area contributed by atoms with Gasteiger partial charge in [-0.2, -0.15) is 0 Å². The van der Waals surface area contributed by atoms with E-state index in [2.05, 4.69) is 10.9 Å². The minimum absolute atomic E-state index is 0.339. The molecule has 3 rings (SSSR count). The molecule has 2 N–H and O–H groups in total. The minimum Gasteiger partial charge on any atom is -0.493 e. The van der Waals surface area contributed by atoms with Gasteiger partial charge < -0.3 is 14.0 Å². The van der Waals surface area contributed by atoms with Crippen LogP contribution in [0.25, 0.3) is 5.69 Å². The summed E-state index contributed by atoms with van der Waals surface area (Å²) in [7, 11) is 1.51. The second-order valence-electron chi connectivity index (χ2n) is 7.11. The molecule has 0 unspecified atom stereocenters. The number of amides is 2. The summed E-state index contributed by atoms with van der Waals surface area (Å²) < 4.78 is 12.8. The van der Waals surface area contributed by atoms with Gasteiger partial charge in [-0.1, -0.05) is 18.2 Å². The molecule has 0 aliphatic carbocycles. The average molecular weight is 421 g/mol. The summed E-state index contributed by atoms with van der Waals surface area (Å²) in [5.74, 6) is 0.151. The normalized spacial score (nSPS) is 10.5. The van der Waals surface area contributed by atoms with Crippen molar-refractivity contribution in [3.63, 3.8) is 0 Å². The molecule has 1 heterocycles. The highest BCUT2D eigenvalue weighted by Crippen LogP contribution is 2.28. The summed E-state index contributed by atoms with van der Waals surface area (Å²) in [6.45, 7) is 8.21. The first-order valence-corrected chi connectivity index (χ1v) is 10.0. The van der Waals surface area contributed by atoms with Crippen LogP contribution in [-0.2, 0) is 0 Å². The predicted octanol–water partition coefficient (Wildman–Crippen LogP) is 3.88. The smallest absolute Gasteiger partial charge is 0.271 e. The first-order valence-electron chi connectivity index (χ1n) is 10.0. The Bertz CT molecular complexity index is 1120. The van der Waals surface area contributed by atoms with Crippen molar-refractivity contribution < 1.29 is 19.1 Å². The molecule has 2 amide bonds. The lowest BCUT2D eigenvalue weighted by molar-refractivity contribution is 0.0846. The van der Waals surface area contributed by atoms with Gasteiger partial charge in [0.1, 0.15) is 0 Å². The number of hydrogen-bond acceptors (Lipinski definition) is 4. The average Bonchev–Trinajstić information content (AvgIpc) is 3.06. The maximum Gasteiger partial charge on any atom is 0.271 e. The van der Waals surface area contributed by atoms with Gasteiger partial charge in [0.15, 0.2) is 11.5 Å². The summed E-state index contributed by atoms with van der Waals surface area (Å²) in [6, 6.07) is 14.6. The summed E-state index contributed by atoms with van der Waals surface area (Å²) in [6.07, 6.45) is 0. The van der Waals surface area contributed by atoms with Crippen molar-refractivity contribution in [1.29, 1.82) is 0 Å². The molecule has 7 heteroatoms. The number of ether oxygens (including phenoxy) is 2. The second kappa shape index (κ2) is 9.38. The van der Waals surface area contributed by atoms with E-state index in [0.717, 1.165) is 22.6 Å². The van der Waals surface area contributed by atoms with E-state index in [-0.39, 0.29) is 5.91 Å². The van der Waals surface area contributed by atoms with Gasteiger partial charge in [0, 0.05) is 22.6 Å². The van der Waals surface area contributed by atoms with Crippen molar-refractivity contribution in [3.8, 4) is 17.2 Å². The van der Waals surface area contributed by atoms with E-state index in [0.29, 0.717) is 29.2 Å². The molecule has 1 aromatic heterocycles. The van der Waals surface area contributed by atoms with Crippen molar-refractivity contribution in [2.45, 2.75) is 27.7 Å². The second-order valence-corrected chi connectivity index (χ2v) is 7.11. The van der Waals surface area contributed by atoms with Crippen molar-refractivity contribution in [2.24, 2.45) is 0 Å². The molecule has 0 aliphatic heterocycles. The summed E-state index contributed by atoms with van der Waals surface area (Å²) >= 11 is 0. The highest BCUT2D eigenvalue weighted by atomic mass is 16.5. The predicted molar refractivity (Wildman–Crippen MR) is 119 cm³/mol. The van der Waals surface area contributed by atoms with Crippen LogP contribution in [0.1, 0.15) is 44.6 Å². The van der Waals surface area contributed by atoms with Gasteiger partial charge in [-0.25, -0.2) is 0 Å². The van der Waals surface area contributed by atoms with Crippen LogP contribution in [0.3, 0.4) is 0 Å². The monoisotopic (exact) mass is 421 g/mol. The molecule has 0 aliphatic rings. The van der Waals surface area contributed by atoms with Crippen LogP contribution in [0.15, 0.2) is 48.5 Å². The number of rotatable bonds is 6. The zero-order valence-electron chi connectivity index (χ0n) is 18.4. The fourth-order valence-corrected chi connectivity index (χ4v) is 3.51. The summed E-state index contributed by atoms with van der Waals surface area (Å²) in [4.78, 5) is 25.3. The van der Waals surface area contributed by atoms with E-state index in [1.807, 2.05) is 62.6 Å². The Labute approximate surface area is 182 Å². The van der Waals surface area contributed by atoms with Crippen molar-refractivity contribution >= 4 is 11.8 Å². The van der Waals surface area contributed by atoms with Gasteiger partial charge in [-0.3, -0.25) is 20.4 Å². The third-order valence-electron chi connectivity index (χ3n) is 5.05. The van der Waals surface area contributed by atoms with Crippen LogP contribution in [0.2, 0.25) is 0 Å². The number of hydrazine groups is 1. The third kappa shape index (κ3) is 4.55. The molecule has 0 saturated carbocycles. The SMILES string of the molecule is CCOc1ccc(C(=O)NNC(=O)c2cc(C)n(-c3ccccc3C)c2C)cc1OC. The number of benzene rings is 2. The van der Waals surface area contributed by atoms with E-state index in [1.165, 1.54) is 7.11 Å². The maximum absolute atomic E-state index is 12.8. The Balaban J connectivity index is 1.75. The minimum atomic E-state index is -0.456. The lowest BCUT2D eigenvalue weighted by Crippen LogP contribution is -2.41. The molecule has 2 aromatic carbocycles. The van der Waals surface area contributed by atoms with Crippen molar-refractivity contribution in [2.75, 3.05) is 13.7 Å². The molecule has 0 radical (unpaired) electrons. The Morgan fingerprint density at radius 2 is 1.65 bits per heavy atom. The van der Waals surface area contributed by atoms with E-state index in [4.69, 9.17) is 9.47 Å². The number of nitrogens with one attached hydrogen (secondary N) is 2. The summed E-state index contributed by atoms with van der Waals surface area (Å²) in [5.41, 5.74) is 9.64. The number of carbonyl (C=O) groups excluding carboxylic acids is 2. The van der Waals surface area contributed by atoms with Crippen LogP contribution in [0.4, 0.5) is 0 Å². The number of aryl methyl sites for hydroxylation is 2. The van der Waals surface area contributed by atoms with Crippen LogP contribution in [0, 0.1) is 20.8 Å². The highest BCUT2D eigenvalue weighted by Gasteiger charge is 2.18.